The molecule has 0 spiro atoms. The van der Waals surface area contributed by atoms with Gasteiger partial charge in [0.2, 0.25) is 10.0 Å². The van der Waals surface area contributed by atoms with E-state index in [0.717, 1.165) is 4.88 Å². The van der Waals surface area contributed by atoms with Crippen molar-refractivity contribution in [2.75, 3.05) is 0 Å². The van der Waals surface area contributed by atoms with Gasteiger partial charge in [-0.1, -0.05) is 34.8 Å². The zero-order chi connectivity index (χ0) is 15.6. The predicted octanol–water partition coefficient (Wildman–Crippen LogP) is 3.68. The Hall–Kier alpha value is -0.340. The first kappa shape index (κ1) is 17.0. The molecule has 21 heavy (non-hydrogen) atoms. The summed E-state index contributed by atoms with van der Waals surface area (Å²) in [5, 5.41) is 9.31. The number of halogens is 3. The van der Waals surface area contributed by atoms with Crippen LogP contribution in [0.3, 0.4) is 0 Å². The van der Waals surface area contributed by atoms with Gasteiger partial charge in [0.25, 0.3) is 0 Å². The summed E-state index contributed by atoms with van der Waals surface area (Å²) in [6.45, 7) is -0.306. The van der Waals surface area contributed by atoms with E-state index in [1.54, 1.807) is 12.1 Å². The standard InChI is InChI=1S/C12H10Cl3NO3S2/c13-8-3-7(6-17)12(15)10(4-8)21(18,19)16-5-9-1-2-11(14)20-9/h1-4,16-17H,5-6H2. The van der Waals surface area contributed by atoms with Crippen molar-refractivity contribution in [2.45, 2.75) is 18.0 Å². The highest BCUT2D eigenvalue weighted by Crippen LogP contribution is 2.30. The van der Waals surface area contributed by atoms with Crippen molar-refractivity contribution in [1.82, 2.24) is 4.72 Å². The van der Waals surface area contributed by atoms with Crippen molar-refractivity contribution in [3.8, 4) is 0 Å². The molecule has 1 aromatic carbocycles. The van der Waals surface area contributed by atoms with Gasteiger partial charge < -0.3 is 5.11 Å². The fraction of sp³-hybridized carbons (Fsp3) is 0.167. The van der Waals surface area contributed by atoms with E-state index in [0.29, 0.717) is 4.34 Å². The molecule has 0 atom stereocenters. The summed E-state index contributed by atoms with van der Waals surface area (Å²) < 4.78 is 27.6. The van der Waals surface area contributed by atoms with Gasteiger partial charge in [-0.15, -0.1) is 11.3 Å². The smallest absolute Gasteiger partial charge is 0.242 e. The van der Waals surface area contributed by atoms with E-state index in [1.165, 1.54) is 23.5 Å². The Kier molecular flexibility index (Phi) is 5.54. The van der Waals surface area contributed by atoms with Crippen molar-refractivity contribution in [3.63, 3.8) is 0 Å². The Labute approximate surface area is 141 Å². The Morgan fingerprint density at radius 2 is 1.90 bits per heavy atom. The van der Waals surface area contributed by atoms with Crippen LogP contribution in [-0.4, -0.2) is 13.5 Å². The second-order valence-electron chi connectivity index (χ2n) is 4.07. The zero-order valence-corrected chi connectivity index (χ0v) is 14.3. The summed E-state index contributed by atoms with van der Waals surface area (Å²) in [6.07, 6.45) is 0. The van der Waals surface area contributed by atoms with E-state index >= 15 is 0 Å². The van der Waals surface area contributed by atoms with Gasteiger partial charge in [-0.2, -0.15) is 0 Å². The average molecular weight is 387 g/mol. The number of benzene rings is 1. The number of thiophene rings is 1. The topological polar surface area (TPSA) is 66.4 Å². The minimum Gasteiger partial charge on any atom is -0.392 e. The minimum atomic E-state index is -3.85. The molecule has 0 amide bonds. The lowest BCUT2D eigenvalue weighted by molar-refractivity contribution is 0.281. The number of sulfonamides is 1. The summed E-state index contributed by atoms with van der Waals surface area (Å²) >= 11 is 18.9. The van der Waals surface area contributed by atoms with Crippen LogP contribution in [0.1, 0.15) is 10.4 Å². The number of aliphatic hydroxyl groups is 1. The molecule has 0 fully saturated rings. The lowest BCUT2D eigenvalue weighted by Gasteiger charge is -2.11. The minimum absolute atomic E-state index is 0.0430. The molecule has 1 aromatic heterocycles. The van der Waals surface area contributed by atoms with Crippen molar-refractivity contribution >= 4 is 56.2 Å². The van der Waals surface area contributed by atoms with Crippen molar-refractivity contribution < 1.29 is 13.5 Å². The van der Waals surface area contributed by atoms with Crippen LogP contribution in [0.4, 0.5) is 0 Å². The van der Waals surface area contributed by atoms with Crippen molar-refractivity contribution in [1.29, 1.82) is 0 Å². The molecule has 0 unspecified atom stereocenters. The molecule has 9 heteroatoms. The lowest BCUT2D eigenvalue weighted by Crippen LogP contribution is -2.23. The van der Waals surface area contributed by atoms with E-state index in [4.69, 9.17) is 34.8 Å². The van der Waals surface area contributed by atoms with Gasteiger partial charge in [-0.05, 0) is 29.8 Å². The van der Waals surface area contributed by atoms with Gasteiger partial charge in [0.05, 0.1) is 16.0 Å². The third kappa shape index (κ3) is 4.10. The molecule has 0 saturated heterocycles. The monoisotopic (exact) mass is 385 g/mol. The van der Waals surface area contributed by atoms with Gasteiger partial charge in [0, 0.05) is 16.4 Å². The van der Waals surface area contributed by atoms with Gasteiger partial charge in [-0.25, -0.2) is 13.1 Å². The normalized spacial score (nSPS) is 11.8. The van der Waals surface area contributed by atoms with Crippen LogP contribution >= 0.6 is 46.1 Å². The van der Waals surface area contributed by atoms with Crippen LogP contribution in [0.5, 0.6) is 0 Å². The molecule has 0 aliphatic rings. The van der Waals surface area contributed by atoms with E-state index in [9.17, 15) is 13.5 Å². The maximum Gasteiger partial charge on any atom is 0.242 e. The Morgan fingerprint density at radius 3 is 2.48 bits per heavy atom. The Morgan fingerprint density at radius 1 is 1.19 bits per heavy atom. The molecular formula is C12H10Cl3NO3S2. The third-order valence-electron chi connectivity index (χ3n) is 2.60. The Bertz CT molecular complexity index is 759. The number of nitrogens with one attached hydrogen (secondary N) is 1. The van der Waals surface area contributed by atoms with Crippen LogP contribution in [0.25, 0.3) is 0 Å². The lowest BCUT2D eigenvalue weighted by atomic mass is 10.2. The molecule has 2 aromatic rings. The predicted molar refractivity (Wildman–Crippen MR) is 85.7 cm³/mol. The molecule has 2 N–H and O–H groups in total. The Balaban J connectivity index is 2.29. The van der Waals surface area contributed by atoms with Crippen molar-refractivity contribution in [3.05, 3.63) is 49.1 Å². The first-order chi connectivity index (χ1) is 9.83. The quantitative estimate of drug-likeness (QED) is 0.824. The van der Waals surface area contributed by atoms with Crippen LogP contribution < -0.4 is 4.72 Å². The fourth-order valence-electron chi connectivity index (χ4n) is 1.62. The van der Waals surface area contributed by atoms with Crippen molar-refractivity contribution in [2.24, 2.45) is 0 Å². The van der Waals surface area contributed by atoms with Gasteiger partial charge in [-0.3, -0.25) is 0 Å². The third-order valence-corrected chi connectivity index (χ3v) is 6.04. The van der Waals surface area contributed by atoms with E-state index in [1.807, 2.05) is 0 Å². The molecule has 0 bridgehead atoms. The summed E-state index contributed by atoms with van der Waals surface area (Å²) in [6, 6.07) is 6.08. The maximum atomic E-state index is 12.3. The molecule has 0 saturated carbocycles. The largest absolute Gasteiger partial charge is 0.392 e. The van der Waals surface area contributed by atoms with E-state index in [2.05, 4.69) is 4.72 Å². The zero-order valence-electron chi connectivity index (χ0n) is 10.4. The highest BCUT2D eigenvalue weighted by molar-refractivity contribution is 7.89. The molecule has 0 aliphatic carbocycles. The van der Waals surface area contributed by atoms with E-state index < -0.39 is 16.6 Å². The van der Waals surface area contributed by atoms with Crippen LogP contribution in [0, 0.1) is 0 Å². The first-order valence-corrected chi connectivity index (χ1v) is 9.09. The van der Waals surface area contributed by atoms with Gasteiger partial charge >= 0.3 is 0 Å². The molecular weight excluding hydrogens is 377 g/mol. The number of hydrogen-bond acceptors (Lipinski definition) is 4. The summed E-state index contributed by atoms with van der Waals surface area (Å²) in [5.74, 6) is 0. The van der Waals surface area contributed by atoms with Crippen LogP contribution in [0.15, 0.2) is 29.2 Å². The average Bonchev–Trinajstić information content (AvgIpc) is 2.84. The molecule has 4 nitrogen and oxygen atoms in total. The molecule has 0 aliphatic heterocycles. The summed E-state index contributed by atoms with van der Waals surface area (Å²) in [7, 11) is -3.85. The summed E-state index contributed by atoms with van der Waals surface area (Å²) in [5.41, 5.74) is 0.253. The van der Waals surface area contributed by atoms with Crippen LogP contribution in [0.2, 0.25) is 14.4 Å². The maximum absolute atomic E-state index is 12.3. The second-order valence-corrected chi connectivity index (χ2v) is 8.41. The van der Waals surface area contributed by atoms with Gasteiger partial charge in [0.15, 0.2) is 0 Å². The molecule has 0 radical (unpaired) electrons. The first-order valence-electron chi connectivity index (χ1n) is 5.66. The van der Waals surface area contributed by atoms with Crippen LogP contribution in [-0.2, 0) is 23.2 Å². The highest BCUT2D eigenvalue weighted by Gasteiger charge is 2.21. The molecule has 1 heterocycles. The van der Waals surface area contributed by atoms with Gasteiger partial charge in [0.1, 0.15) is 4.90 Å². The van der Waals surface area contributed by atoms with E-state index in [-0.39, 0.29) is 27.0 Å². The molecule has 114 valence electrons. The number of rotatable bonds is 5. The SMILES string of the molecule is O=S(=O)(NCc1ccc(Cl)s1)c1cc(Cl)cc(CO)c1Cl. The molecule has 2 rings (SSSR count). The second kappa shape index (κ2) is 6.83. The number of aliphatic hydroxyl groups excluding tert-OH is 1. The summed E-state index contributed by atoms with van der Waals surface area (Å²) in [4.78, 5) is 0.604. The number of hydrogen-bond donors (Lipinski definition) is 2. The highest BCUT2D eigenvalue weighted by atomic mass is 35.5. The fourth-order valence-corrected chi connectivity index (χ4v) is 4.67.